The second kappa shape index (κ2) is 6.39. The van der Waals surface area contributed by atoms with Crippen molar-refractivity contribution in [3.8, 4) is 0 Å². The number of fused-ring (bicyclic) bond motifs is 1. The smallest absolute Gasteiger partial charge is 0.0459 e. The van der Waals surface area contributed by atoms with E-state index in [-0.39, 0.29) is 0 Å². The molecule has 1 aliphatic rings. The highest BCUT2D eigenvalue weighted by molar-refractivity contribution is 6.09. The van der Waals surface area contributed by atoms with Gasteiger partial charge in [-0.1, -0.05) is 39.0 Å². The quantitative estimate of drug-likeness (QED) is 0.781. The number of rotatable bonds is 1. The maximum absolute atomic E-state index is 8.03. The van der Waals surface area contributed by atoms with Gasteiger partial charge in [0.1, 0.15) is 0 Å². The molecule has 0 heterocycles. The van der Waals surface area contributed by atoms with Crippen LogP contribution in [-0.2, 0) is 0 Å². The summed E-state index contributed by atoms with van der Waals surface area (Å²) in [5, 5.41) is 8.03. The van der Waals surface area contributed by atoms with Gasteiger partial charge in [-0.2, -0.15) is 0 Å². The molecule has 1 aliphatic carbocycles. The molecule has 0 aliphatic heterocycles. The van der Waals surface area contributed by atoms with Crippen molar-refractivity contribution < 1.29 is 0 Å². The Morgan fingerprint density at radius 2 is 1.83 bits per heavy atom. The minimum atomic E-state index is 0.738. The average molecular weight is 244 g/mol. The first kappa shape index (κ1) is 14.5. The van der Waals surface area contributed by atoms with Gasteiger partial charge in [0.05, 0.1) is 0 Å². The van der Waals surface area contributed by atoms with Crippen LogP contribution >= 0.6 is 0 Å². The summed E-state index contributed by atoms with van der Waals surface area (Å²) in [7, 11) is 4.03. The number of nitrogens with one attached hydrogen (secondary N) is 1. The molecular formula is C16H24N2. The molecule has 1 aromatic rings. The molecule has 2 rings (SSSR count). The standard InChI is InChI=1S/C13H16N2.C3H8/c1-9-7-8-11(14)13-10(9)5-4-6-12(13)15(2)3;1-3-2/h4-6,14H,1,7-8H2,2-3H3;3H2,1-2H3. The van der Waals surface area contributed by atoms with Gasteiger partial charge < -0.3 is 10.3 Å². The SMILES string of the molecule is C=C1CCC(=N)c2c1cccc2N(C)C.CCC. The van der Waals surface area contributed by atoms with E-state index in [4.69, 9.17) is 5.41 Å². The maximum atomic E-state index is 8.03. The number of benzene rings is 1. The fraction of sp³-hybridized carbons (Fsp3) is 0.438. The lowest BCUT2D eigenvalue weighted by Crippen LogP contribution is -2.18. The molecule has 0 atom stereocenters. The van der Waals surface area contributed by atoms with E-state index in [1.807, 2.05) is 20.2 Å². The van der Waals surface area contributed by atoms with Gasteiger partial charge in [0.25, 0.3) is 0 Å². The summed E-state index contributed by atoms with van der Waals surface area (Å²) in [5.41, 5.74) is 5.24. The van der Waals surface area contributed by atoms with Crippen LogP contribution in [0.5, 0.6) is 0 Å². The van der Waals surface area contributed by atoms with E-state index < -0.39 is 0 Å². The Labute approximate surface area is 111 Å². The van der Waals surface area contributed by atoms with Gasteiger partial charge in [0, 0.05) is 31.1 Å². The second-order valence-corrected chi connectivity index (χ2v) is 4.88. The Morgan fingerprint density at radius 3 is 2.39 bits per heavy atom. The fourth-order valence-electron chi connectivity index (χ4n) is 2.06. The molecule has 1 N–H and O–H groups in total. The number of hydrogen-bond donors (Lipinski definition) is 1. The van der Waals surface area contributed by atoms with Crippen molar-refractivity contribution in [2.24, 2.45) is 0 Å². The van der Waals surface area contributed by atoms with E-state index in [2.05, 4.69) is 37.5 Å². The molecule has 0 amide bonds. The summed E-state index contributed by atoms with van der Waals surface area (Å²) in [6.45, 7) is 8.33. The van der Waals surface area contributed by atoms with Crippen molar-refractivity contribution in [1.82, 2.24) is 0 Å². The van der Waals surface area contributed by atoms with Crippen LogP contribution in [0.15, 0.2) is 24.8 Å². The highest BCUT2D eigenvalue weighted by Gasteiger charge is 2.20. The molecule has 0 saturated carbocycles. The van der Waals surface area contributed by atoms with Gasteiger partial charge in [-0.05, 0) is 30.0 Å². The van der Waals surface area contributed by atoms with Crippen LogP contribution in [-0.4, -0.2) is 19.8 Å². The van der Waals surface area contributed by atoms with Crippen molar-refractivity contribution in [3.63, 3.8) is 0 Å². The summed E-state index contributed by atoms with van der Waals surface area (Å²) in [5.74, 6) is 0. The normalized spacial score (nSPS) is 13.6. The monoisotopic (exact) mass is 244 g/mol. The van der Waals surface area contributed by atoms with Gasteiger partial charge in [0.15, 0.2) is 0 Å². The molecule has 0 fully saturated rings. The number of hydrogen-bond acceptors (Lipinski definition) is 2. The summed E-state index contributed by atoms with van der Waals surface area (Å²) < 4.78 is 0. The summed E-state index contributed by atoms with van der Waals surface area (Å²) >= 11 is 0. The zero-order chi connectivity index (χ0) is 13.7. The molecular weight excluding hydrogens is 220 g/mol. The van der Waals surface area contributed by atoms with Gasteiger partial charge in [-0.15, -0.1) is 0 Å². The van der Waals surface area contributed by atoms with Gasteiger partial charge in [0.2, 0.25) is 0 Å². The highest BCUT2D eigenvalue weighted by atomic mass is 15.1. The first-order valence-corrected chi connectivity index (χ1v) is 6.59. The molecule has 0 saturated heterocycles. The van der Waals surface area contributed by atoms with Crippen LogP contribution in [0.4, 0.5) is 5.69 Å². The van der Waals surface area contributed by atoms with Crippen LogP contribution in [0.1, 0.15) is 44.2 Å². The van der Waals surface area contributed by atoms with Crippen molar-refractivity contribution >= 4 is 17.0 Å². The van der Waals surface area contributed by atoms with Crippen molar-refractivity contribution in [2.75, 3.05) is 19.0 Å². The second-order valence-electron chi connectivity index (χ2n) is 4.88. The molecule has 0 spiro atoms. The third kappa shape index (κ3) is 3.00. The summed E-state index contributed by atoms with van der Waals surface area (Å²) in [4.78, 5) is 2.06. The van der Waals surface area contributed by atoms with E-state index >= 15 is 0 Å². The van der Waals surface area contributed by atoms with Gasteiger partial charge >= 0.3 is 0 Å². The lowest BCUT2D eigenvalue weighted by Gasteiger charge is -2.25. The minimum Gasteiger partial charge on any atom is -0.377 e. The predicted octanol–water partition coefficient (Wildman–Crippen LogP) is 4.34. The molecule has 2 nitrogen and oxygen atoms in total. The molecule has 0 radical (unpaired) electrons. The largest absolute Gasteiger partial charge is 0.377 e. The third-order valence-electron chi connectivity index (χ3n) is 2.88. The fourth-order valence-corrected chi connectivity index (χ4v) is 2.06. The minimum absolute atomic E-state index is 0.738. The first-order chi connectivity index (χ1) is 8.52. The molecule has 98 valence electrons. The molecule has 18 heavy (non-hydrogen) atoms. The number of anilines is 1. The lowest BCUT2D eigenvalue weighted by atomic mass is 9.85. The van der Waals surface area contributed by atoms with E-state index in [0.717, 1.165) is 40.9 Å². The highest BCUT2D eigenvalue weighted by Crippen LogP contribution is 2.34. The van der Waals surface area contributed by atoms with Crippen molar-refractivity contribution in [1.29, 1.82) is 5.41 Å². The van der Waals surface area contributed by atoms with E-state index in [1.165, 1.54) is 6.42 Å². The molecule has 0 aromatic heterocycles. The average Bonchev–Trinajstić information content (AvgIpc) is 2.34. The Hall–Kier alpha value is -1.57. The van der Waals surface area contributed by atoms with Crippen LogP contribution in [0, 0.1) is 5.41 Å². The van der Waals surface area contributed by atoms with Crippen LogP contribution in [0.2, 0.25) is 0 Å². The van der Waals surface area contributed by atoms with Crippen molar-refractivity contribution in [3.05, 3.63) is 35.9 Å². The van der Waals surface area contributed by atoms with E-state index in [9.17, 15) is 0 Å². The number of allylic oxidation sites excluding steroid dienone is 1. The molecule has 0 unspecified atom stereocenters. The summed E-state index contributed by atoms with van der Waals surface area (Å²) in [6.07, 6.45) is 2.99. The third-order valence-corrected chi connectivity index (χ3v) is 2.88. The zero-order valence-corrected chi connectivity index (χ0v) is 12.0. The maximum Gasteiger partial charge on any atom is 0.0459 e. The Bertz CT molecular complexity index is 444. The Morgan fingerprint density at radius 1 is 1.22 bits per heavy atom. The van der Waals surface area contributed by atoms with Gasteiger partial charge in [-0.3, -0.25) is 0 Å². The lowest BCUT2D eigenvalue weighted by molar-refractivity contribution is 1.05. The first-order valence-electron chi connectivity index (χ1n) is 6.59. The predicted molar refractivity (Wildman–Crippen MR) is 81.8 cm³/mol. The van der Waals surface area contributed by atoms with Gasteiger partial charge in [-0.25, -0.2) is 0 Å². The Balaban J connectivity index is 0.000000492. The van der Waals surface area contributed by atoms with Crippen LogP contribution < -0.4 is 4.90 Å². The topological polar surface area (TPSA) is 27.1 Å². The molecule has 2 heteroatoms. The van der Waals surface area contributed by atoms with E-state index in [0.29, 0.717) is 0 Å². The number of nitrogens with zero attached hydrogens (tertiary/aromatic N) is 1. The van der Waals surface area contributed by atoms with Crippen molar-refractivity contribution in [2.45, 2.75) is 33.1 Å². The summed E-state index contributed by atoms with van der Waals surface area (Å²) in [6, 6.07) is 6.17. The van der Waals surface area contributed by atoms with E-state index in [1.54, 1.807) is 0 Å². The molecule has 0 bridgehead atoms. The Kier molecular flexibility index (Phi) is 5.14. The molecule has 1 aromatic carbocycles. The van der Waals surface area contributed by atoms with Crippen LogP contribution in [0.25, 0.3) is 5.57 Å². The zero-order valence-electron chi connectivity index (χ0n) is 12.0. The van der Waals surface area contributed by atoms with Crippen LogP contribution in [0.3, 0.4) is 0 Å².